The fourth-order valence-corrected chi connectivity index (χ4v) is 2.14. The predicted octanol–water partition coefficient (Wildman–Crippen LogP) is 1.22. The second kappa shape index (κ2) is 3.71. The summed E-state index contributed by atoms with van der Waals surface area (Å²) in [5, 5.41) is 9.11. The molecule has 1 fully saturated rings. The van der Waals surface area contributed by atoms with E-state index in [4.69, 9.17) is 10.8 Å². The van der Waals surface area contributed by atoms with Gasteiger partial charge in [0.25, 0.3) is 0 Å². The maximum absolute atomic E-state index is 12.0. The molecule has 3 heteroatoms. The van der Waals surface area contributed by atoms with E-state index in [1.807, 2.05) is 0 Å². The molecule has 1 rings (SSSR count). The Labute approximate surface area is 73.0 Å². The van der Waals surface area contributed by atoms with E-state index in [9.17, 15) is 4.39 Å². The molecule has 3 unspecified atom stereocenters. The highest BCUT2D eigenvalue weighted by Crippen LogP contribution is 2.35. The lowest BCUT2D eigenvalue weighted by Crippen LogP contribution is -2.40. The third-order valence-electron chi connectivity index (χ3n) is 2.71. The quantitative estimate of drug-likeness (QED) is 0.677. The van der Waals surface area contributed by atoms with Crippen LogP contribution in [0, 0.1) is 5.92 Å². The van der Waals surface area contributed by atoms with Crippen molar-refractivity contribution in [1.29, 1.82) is 0 Å². The number of hydrogen-bond acceptors (Lipinski definition) is 2. The van der Waals surface area contributed by atoms with Gasteiger partial charge in [-0.1, -0.05) is 6.92 Å². The fourth-order valence-electron chi connectivity index (χ4n) is 2.14. The van der Waals surface area contributed by atoms with Gasteiger partial charge in [-0.2, -0.15) is 0 Å². The zero-order chi connectivity index (χ0) is 9.19. The average molecular weight is 175 g/mol. The summed E-state index contributed by atoms with van der Waals surface area (Å²) in [7, 11) is 0. The molecule has 1 saturated carbocycles. The van der Waals surface area contributed by atoms with Crippen molar-refractivity contribution < 1.29 is 9.50 Å². The summed E-state index contributed by atoms with van der Waals surface area (Å²) >= 11 is 0. The molecule has 12 heavy (non-hydrogen) atoms. The Morgan fingerprint density at radius 3 is 2.83 bits per heavy atom. The number of halogens is 1. The van der Waals surface area contributed by atoms with Gasteiger partial charge in [-0.15, -0.1) is 0 Å². The second-order valence-corrected chi connectivity index (χ2v) is 4.22. The molecular formula is C9H18FNO. The van der Waals surface area contributed by atoms with Crippen molar-refractivity contribution in [1.82, 2.24) is 0 Å². The van der Waals surface area contributed by atoms with Crippen molar-refractivity contribution in [3.8, 4) is 0 Å². The van der Waals surface area contributed by atoms with E-state index >= 15 is 0 Å². The first-order valence-electron chi connectivity index (χ1n) is 4.59. The summed E-state index contributed by atoms with van der Waals surface area (Å²) in [6, 6.07) is 0. The van der Waals surface area contributed by atoms with Crippen LogP contribution in [-0.2, 0) is 0 Å². The van der Waals surface area contributed by atoms with Gasteiger partial charge < -0.3 is 10.8 Å². The Morgan fingerprint density at radius 1 is 1.75 bits per heavy atom. The van der Waals surface area contributed by atoms with Gasteiger partial charge in [0.15, 0.2) is 0 Å². The van der Waals surface area contributed by atoms with E-state index in [2.05, 4.69) is 6.92 Å². The first-order valence-corrected chi connectivity index (χ1v) is 4.59. The van der Waals surface area contributed by atoms with E-state index in [1.165, 1.54) is 0 Å². The van der Waals surface area contributed by atoms with E-state index in [0.717, 1.165) is 19.3 Å². The van der Waals surface area contributed by atoms with Gasteiger partial charge in [0.1, 0.15) is 6.67 Å². The maximum atomic E-state index is 12.0. The molecule has 0 saturated heterocycles. The van der Waals surface area contributed by atoms with E-state index in [0.29, 0.717) is 12.3 Å². The van der Waals surface area contributed by atoms with E-state index < -0.39 is 12.8 Å². The molecule has 0 spiro atoms. The third kappa shape index (κ3) is 2.42. The van der Waals surface area contributed by atoms with Crippen LogP contribution < -0.4 is 5.73 Å². The lowest BCUT2D eigenvalue weighted by atomic mass is 9.91. The van der Waals surface area contributed by atoms with Crippen LogP contribution in [-0.4, -0.2) is 23.4 Å². The Kier molecular flexibility index (Phi) is 3.07. The SMILES string of the molecule is CC1CCC(N)(CC(O)CF)C1. The van der Waals surface area contributed by atoms with E-state index in [1.54, 1.807) is 0 Å². The zero-order valence-electron chi connectivity index (χ0n) is 7.59. The van der Waals surface area contributed by atoms with Crippen molar-refractivity contribution >= 4 is 0 Å². The summed E-state index contributed by atoms with van der Waals surface area (Å²) < 4.78 is 12.0. The Hall–Kier alpha value is -0.150. The van der Waals surface area contributed by atoms with Crippen LogP contribution in [0.5, 0.6) is 0 Å². The molecule has 0 aromatic rings. The molecule has 1 aliphatic rings. The minimum absolute atomic E-state index is 0.301. The Morgan fingerprint density at radius 2 is 2.42 bits per heavy atom. The van der Waals surface area contributed by atoms with Crippen LogP contribution in [0.1, 0.15) is 32.6 Å². The topological polar surface area (TPSA) is 46.2 Å². The van der Waals surface area contributed by atoms with E-state index in [-0.39, 0.29) is 5.54 Å². The Balaban J connectivity index is 2.39. The molecular weight excluding hydrogens is 157 g/mol. The molecule has 0 aliphatic heterocycles. The van der Waals surface area contributed by atoms with Gasteiger partial charge in [-0.3, -0.25) is 0 Å². The summed E-state index contributed by atoms with van der Waals surface area (Å²) in [5.41, 5.74) is 5.70. The highest BCUT2D eigenvalue weighted by Gasteiger charge is 2.35. The van der Waals surface area contributed by atoms with Crippen molar-refractivity contribution in [2.24, 2.45) is 11.7 Å². The number of alkyl halides is 1. The number of nitrogens with two attached hydrogens (primary N) is 1. The minimum Gasteiger partial charge on any atom is -0.390 e. The van der Waals surface area contributed by atoms with Crippen molar-refractivity contribution in [3.63, 3.8) is 0 Å². The fraction of sp³-hybridized carbons (Fsp3) is 1.00. The molecule has 0 aromatic heterocycles. The summed E-state index contributed by atoms with van der Waals surface area (Å²) in [4.78, 5) is 0. The van der Waals surface area contributed by atoms with Crippen LogP contribution >= 0.6 is 0 Å². The number of aliphatic hydroxyl groups excluding tert-OH is 1. The lowest BCUT2D eigenvalue weighted by Gasteiger charge is -2.25. The second-order valence-electron chi connectivity index (χ2n) is 4.22. The minimum atomic E-state index is -0.861. The van der Waals surface area contributed by atoms with Crippen molar-refractivity contribution in [2.45, 2.75) is 44.2 Å². The van der Waals surface area contributed by atoms with Gasteiger partial charge in [-0.05, 0) is 31.6 Å². The number of rotatable bonds is 3. The Bertz CT molecular complexity index is 153. The van der Waals surface area contributed by atoms with Crippen LogP contribution in [0.4, 0.5) is 4.39 Å². The van der Waals surface area contributed by atoms with Crippen LogP contribution in [0.25, 0.3) is 0 Å². The molecule has 72 valence electrons. The molecule has 0 aromatic carbocycles. The first kappa shape index (κ1) is 9.93. The van der Waals surface area contributed by atoms with Gasteiger partial charge in [-0.25, -0.2) is 4.39 Å². The zero-order valence-corrected chi connectivity index (χ0v) is 7.59. The molecule has 0 amide bonds. The average Bonchev–Trinajstić information content (AvgIpc) is 2.30. The highest BCUT2D eigenvalue weighted by atomic mass is 19.1. The first-order chi connectivity index (χ1) is 5.56. The van der Waals surface area contributed by atoms with Gasteiger partial charge in [0, 0.05) is 5.54 Å². The van der Waals surface area contributed by atoms with Crippen molar-refractivity contribution in [2.75, 3.05) is 6.67 Å². The molecule has 2 nitrogen and oxygen atoms in total. The normalized spacial score (nSPS) is 38.5. The lowest BCUT2D eigenvalue weighted by molar-refractivity contribution is 0.104. The summed E-state index contributed by atoms with van der Waals surface area (Å²) in [6.45, 7) is 1.48. The maximum Gasteiger partial charge on any atom is 0.115 e. The molecule has 3 N–H and O–H groups in total. The van der Waals surface area contributed by atoms with Gasteiger partial charge in [0.2, 0.25) is 0 Å². The molecule has 0 heterocycles. The monoisotopic (exact) mass is 175 g/mol. The largest absolute Gasteiger partial charge is 0.390 e. The smallest absolute Gasteiger partial charge is 0.115 e. The van der Waals surface area contributed by atoms with Crippen LogP contribution in [0.3, 0.4) is 0 Å². The number of hydrogen-bond donors (Lipinski definition) is 2. The summed E-state index contributed by atoms with van der Waals surface area (Å²) in [5.74, 6) is 0.627. The highest BCUT2D eigenvalue weighted by molar-refractivity contribution is 4.93. The number of aliphatic hydroxyl groups is 1. The van der Waals surface area contributed by atoms with Crippen molar-refractivity contribution in [3.05, 3.63) is 0 Å². The molecule has 0 bridgehead atoms. The van der Waals surface area contributed by atoms with Gasteiger partial charge in [0.05, 0.1) is 6.10 Å². The van der Waals surface area contributed by atoms with Gasteiger partial charge >= 0.3 is 0 Å². The molecule has 3 atom stereocenters. The predicted molar refractivity (Wildman–Crippen MR) is 46.5 cm³/mol. The van der Waals surface area contributed by atoms with Crippen LogP contribution in [0.15, 0.2) is 0 Å². The summed E-state index contributed by atoms with van der Waals surface area (Å²) in [6.07, 6.45) is 2.50. The molecule has 1 aliphatic carbocycles. The third-order valence-corrected chi connectivity index (χ3v) is 2.71. The molecule has 0 radical (unpaired) electrons. The van der Waals surface area contributed by atoms with Crippen LogP contribution in [0.2, 0.25) is 0 Å². The standard InChI is InChI=1S/C9H18FNO/c1-7-2-3-9(11,4-7)5-8(12)6-10/h7-8,12H,2-6,11H2,1H3.